The SMILES string of the molecule is COC(=O)c1ccc(CN2C(=O)N/C(=C\c3cc(Cl)ccc3OC(=O)/C=C/c3ccc(Cl)cc3)C2=O)o1. The molecule has 0 spiro atoms. The maximum atomic E-state index is 12.9. The Morgan fingerprint density at radius 3 is 2.49 bits per heavy atom. The highest BCUT2D eigenvalue weighted by molar-refractivity contribution is 6.31. The molecule has 1 fully saturated rings. The van der Waals surface area contributed by atoms with Crippen LogP contribution in [0.15, 0.2) is 70.8 Å². The number of ether oxygens (including phenoxy) is 2. The molecule has 0 unspecified atom stereocenters. The van der Waals surface area contributed by atoms with Crippen LogP contribution in [0, 0.1) is 0 Å². The first-order valence-corrected chi connectivity index (χ1v) is 11.5. The lowest BCUT2D eigenvalue weighted by atomic mass is 10.1. The lowest BCUT2D eigenvalue weighted by Gasteiger charge is -2.09. The number of halogens is 2. The number of hydrogen-bond acceptors (Lipinski definition) is 7. The van der Waals surface area contributed by atoms with E-state index in [1.807, 2.05) is 0 Å². The fraction of sp³-hybridized carbons (Fsp3) is 0.0769. The van der Waals surface area contributed by atoms with Crippen molar-refractivity contribution in [2.45, 2.75) is 6.54 Å². The van der Waals surface area contributed by atoms with Crippen LogP contribution in [0.3, 0.4) is 0 Å². The number of furan rings is 1. The molecule has 0 aliphatic carbocycles. The van der Waals surface area contributed by atoms with Crippen molar-refractivity contribution in [1.29, 1.82) is 0 Å². The smallest absolute Gasteiger partial charge is 0.373 e. The van der Waals surface area contributed by atoms with Crippen LogP contribution in [0.1, 0.15) is 27.4 Å². The molecular formula is C26H18Cl2N2O7. The number of urea groups is 1. The molecule has 2 aromatic carbocycles. The summed E-state index contributed by atoms with van der Waals surface area (Å²) in [5.74, 6) is -1.74. The summed E-state index contributed by atoms with van der Waals surface area (Å²) in [7, 11) is 1.20. The summed E-state index contributed by atoms with van der Waals surface area (Å²) in [5.41, 5.74) is 0.965. The fourth-order valence-electron chi connectivity index (χ4n) is 3.31. The van der Waals surface area contributed by atoms with Crippen molar-refractivity contribution >= 4 is 59.2 Å². The maximum absolute atomic E-state index is 12.9. The average Bonchev–Trinajstić information content (AvgIpc) is 3.45. The minimum Gasteiger partial charge on any atom is -0.463 e. The summed E-state index contributed by atoms with van der Waals surface area (Å²) in [4.78, 5) is 50.2. The molecule has 1 aliphatic heterocycles. The molecule has 0 atom stereocenters. The number of rotatable bonds is 7. The number of benzene rings is 2. The van der Waals surface area contributed by atoms with Gasteiger partial charge in [-0.15, -0.1) is 0 Å². The van der Waals surface area contributed by atoms with Crippen molar-refractivity contribution < 1.29 is 33.1 Å². The summed E-state index contributed by atoms with van der Waals surface area (Å²) >= 11 is 12.0. The Hall–Kier alpha value is -4.34. The topological polar surface area (TPSA) is 115 Å². The van der Waals surface area contributed by atoms with Crippen LogP contribution in [-0.4, -0.2) is 35.9 Å². The zero-order chi connectivity index (χ0) is 26.5. The lowest BCUT2D eigenvalue weighted by Crippen LogP contribution is -2.30. The number of carbonyl (C=O) groups is 4. The molecule has 1 N–H and O–H groups in total. The summed E-state index contributed by atoms with van der Waals surface area (Å²) in [6.07, 6.45) is 4.15. The van der Waals surface area contributed by atoms with Gasteiger partial charge in [-0.05, 0) is 60.2 Å². The van der Waals surface area contributed by atoms with E-state index in [0.717, 1.165) is 10.5 Å². The molecule has 0 saturated carbocycles. The Kier molecular flexibility index (Phi) is 7.76. The zero-order valence-corrected chi connectivity index (χ0v) is 20.7. The van der Waals surface area contributed by atoms with E-state index in [-0.39, 0.29) is 35.1 Å². The monoisotopic (exact) mass is 540 g/mol. The summed E-state index contributed by atoms with van der Waals surface area (Å²) < 4.78 is 15.3. The lowest BCUT2D eigenvalue weighted by molar-refractivity contribution is -0.129. The van der Waals surface area contributed by atoms with Gasteiger partial charge in [-0.1, -0.05) is 35.3 Å². The van der Waals surface area contributed by atoms with E-state index >= 15 is 0 Å². The Morgan fingerprint density at radius 2 is 1.76 bits per heavy atom. The van der Waals surface area contributed by atoms with E-state index in [9.17, 15) is 19.2 Å². The van der Waals surface area contributed by atoms with Crippen LogP contribution < -0.4 is 10.1 Å². The highest BCUT2D eigenvalue weighted by atomic mass is 35.5. The van der Waals surface area contributed by atoms with Gasteiger partial charge in [0.2, 0.25) is 5.76 Å². The third-order valence-electron chi connectivity index (χ3n) is 5.09. The first-order chi connectivity index (χ1) is 17.7. The first-order valence-electron chi connectivity index (χ1n) is 10.7. The minimum absolute atomic E-state index is 0.0594. The molecule has 37 heavy (non-hydrogen) atoms. The summed E-state index contributed by atoms with van der Waals surface area (Å²) in [6, 6.07) is 13.5. The summed E-state index contributed by atoms with van der Waals surface area (Å²) in [6.45, 7) is -0.216. The highest BCUT2D eigenvalue weighted by Gasteiger charge is 2.34. The quantitative estimate of drug-likeness (QED) is 0.192. The molecule has 4 rings (SSSR count). The Bertz CT molecular complexity index is 1440. The van der Waals surface area contributed by atoms with Gasteiger partial charge in [0.1, 0.15) is 17.2 Å². The second kappa shape index (κ2) is 11.2. The predicted molar refractivity (Wildman–Crippen MR) is 135 cm³/mol. The van der Waals surface area contributed by atoms with Crippen molar-refractivity contribution in [3.05, 3.63) is 99.1 Å². The van der Waals surface area contributed by atoms with Crippen LogP contribution in [0.5, 0.6) is 5.75 Å². The number of amides is 3. The molecule has 1 aliphatic rings. The number of hydrogen-bond donors (Lipinski definition) is 1. The van der Waals surface area contributed by atoms with Crippen molar-refractivity contribution in [3.63, 3.8) is 0 Å². The van der Waals surface area contributed by atoms with Crippen molar-refractivity contribution in [1.82, 2.24) is 10.2 Å². The molecule has 2 heterocycles. The van der Waals surface area contributed by atoms with Gasteiger partial charge in [0.05, 0.1) is 13.7 Å². The molecule has 188 valence electrons. The molecule has 0 bridgehead atoms. The van der Waals surface area contributed by atoms with Crippen LogP contribution in [0.2, 0.25) is 10.0 Å². The molecule has 3 aromatic rings. The van der Waals surface area contributed by atoms with Gasteiger partial charge in [-0.2, -0.15) is 0 Å². The molecule has 11 heteroatoms. The van der Waals surface area contributed by atoms with Gasteiger partial charge < -0.3 is 19.2 Å². The molecule has 1 aromatic heterocycles. The fourth-order valence-corrected chi connectivity index (χ4v) is 3.61. The maximum Gasteiger partial charge on any atom is 0.373 e. The van der Waals surface area contributed by atoms with Gasteiger partial charge in [-0.3, -0.25) is 9.69 Å². The second-order valence-corrected chi connectivity index (χ2v) is 8.50. The molecular weight excluding hydrogens is 523 g/mol. The summed E-state index contributed by atoms with van der Waals surface area (Å²) in [5, 5.41) is 3.36. The zero-order valence-electron chi connectivity index (χ0n) is 19.2. The Labute approximate surface area is 220 Å². The van der Waals surface area contributed by atoms with Gasteiger partial charge >= 0.3 is 18.0 Å². The van der Waals surface area contributed by atoms with Gasteiger partial charge in [0.15, 0.2) is 0 Å². The standard InChI is InChI=1S/C26H18Cl2N2O7/c1-35-25(33)22-10-8-19(36-22)14-30-24(32)20(29-26(30)34)13-16-12-18(28)7-9-21(16)37-23(31)11-4-15-2-5-17(27)6-3-15/h2-13H,14H2,1H3,(H,29,34)/b11-4+,20-13-. The van der Waals surface area contributed by atoms with Crippen LogP contribution >= 0.6 is 23.2 Å². The van der Waals surface area contributed by atoms with Crippen LogP contribution in [0.4, 0.5) is 4.79 Å². The number of methoxy groups -OCH3 is 1. The second-order valence-electron chi connectivity index (χ2n) is 7.63. The number of imide groups is 1. The number of nitrogens with zero attached hydrogens (tertiary/aromatic N) is 1. The van der Waals surface area contributed by atoms with Gasteiger partial charge in [0, 0.05) is 21.7 Å². The van der Waals surface area contributed by atoms with E-state index in [2.05, 4.69) is 10.1 Å². The van der Waals surface area contributed by atoms with E-state index in [1.54, 1.807) is 30.3 Å². The van der Waals surface area contributed by atoms with Gasteiger partial charge in [0.25, 0.3) is 5.91 Å². The Balaban J connectivity index is 1.50. The normalized spacial score (nSPS) is 14.4. The van der Waals surface area contributed by atoms with E-state index < -0.39 is 23.9 Å². The largest absolute Gasteiger partial charge is 0.463 e. The van der Waals surface area contributed by atoms with Crippen LogP contribution in [-0.2, 0) is 20.9 Å². The molecule has 1 saturated heterocycles. The Morgan fingerprint density at radius 1 is 1.03 bits per heavy atom. The highest BCUT2D eigenvalue weighted by Crippen LogP contribution is 2.27. The average molecular weight is 541 g/mol. The van der Waals surface area contributed by atoms with E-state index in [0.29, 0.717) is 10.0 Å². The van der Waals surface area contributed by atoms with Crippen molar-refractivity contribution in [2.75, 3.05) is 7.11 Å². The third-order valence-corrected chi connectivity index (χ3v) is 5.58. The molecule has 3 amide bonds. The van der Waals surface area contributed by atoms with Crippen molar-refractivity contribution in [3.8, 4) is 5.75 Å². The predicted octanol–water partition coefficient (Wildman–Crippen LogP) is 5.08. The van der Waals surface area contributed by atoms with Gasteiger partial charge in [-0.25, -0.2) is 14.4 Å². The molecule has 9 nitrogen and oxygen atoms in total. The third kappa shape index (κ3) is 6.27. The first kappa shape index (κ1) is 25.7. The van der Waals surface area contributed by atoms with Crippen LogP contribution in [0.25, 0.3) is 12.2 Å². The number of esters is 2. The van der Waals surface area contributed by atoms with E-state index in [1.165, 1.54) is 49.6 Å². The number of nitrogens with one attached hydrogen (secondary N) is 1. The molecule has 0 radical (unpaired) electrons. The van der Waals surface area contributed by atoms with E-state index in [4.69, 9.17) is 32.4 Å². The minimum atomic E-state index is -0.696. The van der Waals surface area contributed by atoms with Crippen molar-refractivity contribution in [2.24, 2.45) is 0 Å². The number of carbonyl (C=O) groups excluding carboxylic acids is 4.